The first kappa shape index (κ1) is 13.2. The van der Waals surface area contributed by atoms with Crippen molar-refractivity contribution >= 4 is 40.0 Å². The van der Waals surface area contributed by atoms with Gasteiger partial charge in [0.1, 0.15) is 5.52 Å². The van der Waals surface area contributed by atoms with Crippen molar-refractivity contribution in [3.05, 3.63) is 30.2 Å². The molecule has 1 aromatic heterocycles. The minimum absolute atomic E-state index is 0.120. The first-order chi connectivity index (χ1) is 8.99. The highest BCUT2D eigenvalue weighted by Crippen LogP contribution is 2.25. The van der Waals surface area contributed by atoms with E-state index in [9.17, 15) is 9.59 Å². The summed E-state index contributed by atoms with van der Waals surface area (Å²) in [6.45, 7) is 0. The molecule has 2 aromatic rings. The van der Waals surface area contributed by atoms with Crippen molar-refractivity contribution in [1.82, 2.24) is 4.98 Å². The molecule has 0 saturated heterocycles. The highest BCUT2D eigenvalue weighted by Gasteiger charge is 2.27. The van der Waals surface area contributed by atoms with Gasteiger partial charge in [0.2, 0.25) is 11.8 Å². The average molecular weight is 277 g/mol. The number of hydrogen-bond acceptors (Lipinski definition) is 5. The fourth-order valence-corrected chi connectivity index (χ4v) is 1.89. The van der Waals surface area contributed by atoms with Crippen LogP contribution in [0.3, 0.4) is 0 Å². The van der Waals surface area contributed by atoms with Crippen molar-refractivity contribution in [2.75, 3.05) is 0 Å². The van der Waals surface area contributed by atoms with Gasteiger partial charge in [-0.2, -0.15) is 0 Å². The van der Waals surface area contributed by atoms with Gasteiger partial charge in [0, 0.05) is 6.42 Å². The number of carbonyl (C=O) groups is 2. The van der Waals surface area contributed by atoms with Gasteiger partial charge < -0.3 is 15.9 Å². The molecule has 0 aliphatic heterocycles. The summed E-state index contributed by atoms with van der Waals surface area (Å²) in [6, 6.07) is 7.05. The van der Waals surface area contributed by atoms with Crippen LogP contribution in [0.25, 0.3) is 11.1 Å². The van der Waals surface area contributed by atoms with Crippen molar-refractivity contribution < 1.29 is 14.0 Å². The maximum absolute atomic E-state index is 11.2. The van der Waals surface area contributed by atoms with Crippen LogP contribution in [-0.2, 0) is 9.59 Å². The second kappa shape index (κ2) is 5.15. The third kappa shape index (κ3) is 2.76. The lowest BCUT2D eigenvalue weighted by molar-refractivity contribution is -0.118. The second-order valence-electron chi connectivity index (χ2n) is 3.97. The van der Waals surface area contributed by atoms with Crippen LogP contribution in [0.2, 0.25) is 0 Å². The third-order valence-electron chi connectivity index (χ3n) is 2.57. The molecule has 2 rings (SSSR count). The van der Waals surface area contributed by atoms with Gasteiger partial charge in [-0.1, -0.05) is 24.4 Å². The summed E-state index contributed by atoms with van der Waals surface area (Å²) in [5.41, 5.74) is 11.4. The lowest BCUT2D eigenvalue weighted by Gasteiger charge is -2.09. The summed E-state index contributed by atoms with van der Waals surface area (Å²) < 4.78 is 5.49. The molecule has 19 heavy (non-hydrogen) atoms. The van der Waals surface area contributed by atoms with Crippen LogP contribution in [0.1, 0.15) is 18.2 Å². The molecule has 0 aliphatic carbocycles. The van der Waals surface area contributed by atoms with Crippen molar-refractivity contribution in [2.24, 2.45) is 11.5 Å². The molecule has 0 bridgehead atoms. The average Bonchev–Trinajstić information content (AvgIpc) is 2.78. The number of para-hydroxylation sites is 2. The highest BCUT2D eigenvalue weighted by atomic mass is 32.1. The van der Waals surface area contributed by atoms with Crippen LogP contribution < -0.4 is 11.5 Å². The normalized spacial score (nSPS) is 12.2. The van der Waals surface area contributed by atoms with E-state index in [-0.39, 0.29) is 17.2 Å². The number of primary amides is 2. The van der Waals surface area contributed by atoms with Crippen LogP contribution in [0, 0.1) is 0 Å². The molecule has 7 heteroatoms. The molecular formula is C12H11N3O3S. The summed E-state index contributed by atoms with van der Waals surface area (Å²) in [5, 5.41) is 0. The van der Waals surface area contributed by atoms with Crippen molar-refractivity contribution in [3.63, 3.8) is 0 Å². The van der Waals surface area contributed by atoms with E-state index in [0.717, 1.165) is 0 Å². The lowest BCUT2D eigenvalue weighted by Crippen LogP contribution is -2.30. The molecule has 98 valence electrons. The van der Waals surface area contributed by atoms with Crippen molar-refractivity contribution in [3.8, 4) is 0 Å². The van der Waals surface area contributed by atoms with Crippen LogP contribution in [-0.4, -0.2) is 21.7 Å². The Bertz CT molecular complexity index is 632. The zero-order chi connectivity index (χ0) is 14.0. The number of carbonyl (C=O) groups excluding carboxylic acids is 2. The Morgan fingerprint density at radius 2 is 2.00 bits per heavy atom. The number of oxazole rings is 1. The SMILES string of the molecule is NC(=O)CC(C(=S)C(N)=O)c1nc2ccccc2o1. The fraction of sp³-hybridized carbons (Fsp3) is 0.167. The van der Waals surface area contributed by atoms with Crippen LogP contribution in [0.15, 0.2) is 28.7 Å². The number of amides is 2. The van der Waals surface area contributed by atoms with E-state index < -0.39 is 17.7 Å². The second-order valence-corrected chi connectivity index (χ2v) is 4.41. The van der Waals surface area contributed by atoms with Crippen LogP contribution in [0.5, 0.6) is 0 Å². The molecule has 2 amide bonds. The monoisotopic (exact) mass is 277 g/mol. The van der Waals surface area contributed by atoms with E-state index in [4.69, 9.17) is 28.1 Å². The van der Waals surface area contributed by atoms with Crippen molar-refractivity contribution in [1.29, 1.82) is 0 Å². The molecule has 1 unspecified atom stereocenters. The highest BCUT2D eigenvalue weighted by molar-refractivity contribution is 7.82. The molecule has 0 saturated carbocycles. The lowest BCUT2D eigenvalue weighted by atomic mass is 10.0. The number of fused-ring (bicyclic) bond motifs is 1. The molecular weight excluding hydrogens is 266 g/mol. The zero-order valence-corrected chi connectivity index (χ0v) is 10.6. The van der Waals surface area contributed by atoms with E-state index in [1.54, 1.807) is 24.3 Å². The fourth-order valence-electron chi connectivity index (χ4n) is 1.70. The molecule has 1 aromatic carbocycles. The van der Waals surface area contributed by atoms with E-state index in [2.05, 4.69) is 4.98 Å². The van der Waals surface area contributed by atoms with Gasteiger partial charge in [-0.15, -0.1) is 0 Å². The van der Waals surface area contributed by atoms with Gasteiger partial charge >= 0.3 is 0 Å². The maximum Gasteiger partial charge on any atom is 0.256 e. The standard InChI is InChI=1S/C12H11N3O3S/c13-9(16)5-6(10(19)11(14)17)12-15-7-3-1-2-4-8(7)18-12/h1-4,6H,5H2,(H2,13,16)(H2,14,17). The summed E-state index contributed by atoms with van der Waals surface area (Å²) in [7, 11) is 0. The summed E-state index contributed by atoms with van der Waals surface area (Å²) in [5.74, 6) is -2.04. The van der Waals surface area contributed by atoms with E-state index in [1.807, 2.05) is 0 Å². The van der Waals surface area contributed by atoms with Gasteiger partial charge in [0.15, 0.2) is 5.58 Å². The molecule has 0 radical (unpaired) electrons. The molecule has 0 fully saturated rings. The van der Waals surface area contributed by atoms with Crippen LogP contribution >= 0.6 is 12.2 Å². The van der Waals surface area contributed by atoms with E-state index in [1.165, 1.54) is 0 Å². The Morgan fingerprint density at radius 3 is 2.58 bits per heavy atom. The first-order valence-electron chi connectivity index (χ1n) is 5.46. The molecule has 0 spiro atoms. The Balaban J connectivity index is 2.44. The minimum atomic E-state index is -0.808. The summed E-state index contributed by atoms with van der Waals surface area (Å²) in [6.07, 6.45) is -0.172. The number of rotatable bonds is 5. The molecule has 0 aliphatic rings. The minimum Gasteiger partial charge on any atom is -0.440 e. The van der Waals surface area contributed by atoms with E-state index in [0.29, 0.717) is 11.1 Å². The largest absolute Gasteiger partial charge is 0.440 e. The first-order valence-corrected chi connectivity index (χ1v) is 5.87. The van der Waals surface area contributed by atoms with Gasteiger partial charge in [0.25, 0.3) is 5.91 Å². The Labute approximate surface area is 113 Å². The summed E-state index contributed by atoms with van der Waals surface area (Å²) >= 11 is 4.92. The smallest absolute Gasteiger partial charge is 0.256 e. The van der Waals surface area contributed by atoms with Gasteiger partial charge in [-0.05, 0) is 12.1 Å². The Kier molecular flexibility index (Phi) is 3.57. The Hall–Kier alpha value is -2.28. The van der Waals surface area contributed by atoms with Gasteiger partial charge in [0.05, 0.1) is 10.8 Å². The molecule has 1 atom stereocenters. The molecule has 6 nitrogen and oxygen atoms in total. The number of benzene rings is 1. The molecule has 1 heterocycles. The molecule has 4 N–H and O–H groups in total. The zero-order valence-electron chi connectivity index (χ0n) is 9.83. The van der Waals surface area contributed by atoms with Crippen LogP contribution in [0.4, 0.5) is 0 Å². The van der Waals surface area contributed by atoms with Gasteiger partial charge in [-0.3, -0.25) is 9.59 Å². The maximum atomic E-state index is 11.2. The number of thiocarbonyl (C=S) groups is 1. The summed E-state index contributed by atoms with van der Waals surface area (Å²) in [4.78, 5) is 26.3. The quantitative estimate of drug-likeness (QED) is 0.779. The van der Waals surface area contributed by atoms with E-state index >= 15 is 0 Å². The number of hydrogen-bond donors (Lipinski definition) is 2. The Morgan fingerprint density at radius 1 is 1.32 bits per heavy atom. The third-order valence-corrected chi connectivity index (χ3v) is 3.06. The number of nitrogens with two attached hydrogens (primary N) is 2. The number of aromatic nitrogens is 1. The van der Waals surface area contributed by atoms with Gasteiger partial charge in [-0.25, -0.2) is 4.98 Å². The predicted octanol–water partition coefficient (Wildman–Crippen LogP) is 0.642. The predicted molar refractivity (Wildman–Crippen MR) is 72.4 cm³/mol. The van der Waals surface area contributed by atoms with Crippen molar-refractivity contribution in [2.45, 2.75) is 12.3 Å². The number of nitrogens with zero attached hydrogens (tertiary/aromatic N) is 1. The topological polar surface area (TPSA) is 112 Å².